The molecule has 1 aliphatic rings. The molecular formula is C19H23N5O5S. The van der Waals surface area contributed by atoms with Gasteiger partial charge >= 0.3 is 5.69 Å². The molecule has 0 spiro atoms. The van der Waals surface area contributed by atoms with Crippen LogP contribution >= 0.6 is 0 Å². The van der Waals surface area contributed by atoms with E-state index in [9.17, 15) is 13.2 Å². The smallest absolute Gasteiger partial charge is 0.346 e. The van der Waals surface area contributed by atoms with E-state index >= 15 is 0 Å². The highest BCUT2D eigenvalue weighted by molar-refractivity contribution is 7.89. The van der Waals surface area contributed by atoms with E-state index in [4.69, 9.17) is 9.26 Å². The summed E-state index contributed by atoms with van der Waals surface area (Å²) in [7, 11) is -2.21. The SMILES string of the molecule is COc1ccc(-c2nn(CCNS(=O)(=O)c3c(C)noc3C)c(=O)n2C2CC2)cc1. The summed E-state index contributed by atoms with van der Waals surface area (Å²) in [6.07, 6.45) is 1.85. The number of nitrogens with zero attached hydrogens (tertiary/aromatic N) is 4. The Bertz CT molecular complexity index is 1200. The van der Waals surface area contributed by atoms with Crippen molar-refractivity contribution in [1.82, 2.24) is 24.2 Å². The molecule has 0 radical (unpaired) electrons. The molecule has 0 unspecified atom stereocenters. The average Bonchev–Trinajstić information content (AvgIpc) is 3.42. The van der Waals surface area contributed by atoms with Gasteiger partial charge in [0.25, 0.3) is 0 Å². The molecule has 1 saturated carbocycles. The van der Waals surface area contributed by atoms with Gasteiger partial charge in [-0.15, -0.1) is 5.10 Å². The van der Waals surface area contributed by atoms with Crippen LogP contribution in [-0.4, -0.2) is 41.6 Å². The Morgan fingerprint density at radius 3 is 2.50 bits per heavy atom. The predicted molar refractivity (Wildman–Crippen MR) is 108 cm³/mol. The van der Waals surface area contributed by atoms with Crippen molar-refractivity contribution in [1.29, 1.82) is 0 Å². The molecule has 11 heteroatoms. The summed E-state index contributed by atoms with van der Waals surface area (Å²) in [6.45, 7) is 3.21. The first-order valence-corrected chi connectivity index (χ1v) is 11.1. The molecule has 0 saturated heterocycles. The Morgan fingerprint density at radius 2 is 1.93 bits per heavy atom. The molecule has 4 rings (SSSR count). The summed E-state index contributed by atoms with van der Waals surface area (Å²) >= 11 is 0. The highest BCUT2D eigenvalue weighted by Gasteiger charge is 2.30. The fourth-order valence-corrected chi connectivity index (χ4v) is 4.73. The second kappa shape index (κ2) is 7.73. The van der Waals surface area contributed by atoms with Crippen LogP contribution in [0.5, 0.6) is 5.75 Å². The lowest BCUT2D eigenvalue weighted by atomic mass is 10.2. The summed E-state index contributed by atoms with van der Waals surface area (Å²) in [5.74, 6) is 1.50. The van der Waals surface area contributed by atoms with Crippen molar-refractivity contribution < 1.29 is 17.7 Å². The van der Waals surface area contributed by atoms with E-state index in [1.165, 1.54) is 11.6 Å². The molecule has 0 amide bonds. The zero-order valence-electron chi connectivity index (χ0n) is 17.0. The maximum atomic E-state index is 12.9. The predicted octanol–water partition coefficient (Wildman–Crippen LogP) is 1.64. The highest BCUT2D eigenvalue weighted by Crippen LogP contribution is 2.36. The Hall–Kier alpha value is -2.92. The van der Waals surface area contributed by atoms with E-state index < -0.39 is 10.0 Å². The molecule has 0 bridgehead atoms. The van der Waals surface area contributed by atoms with Crippen LogP contribution in [0.3, 0.4) is 0 Å². The Balaban J connectivity index is 1.56. The van der Waals surface area contributed by atoms with Gasteiger partial charge in [-0.05, 0) is 51.0 Å². The Morgan fingerprint density at radius 1 is 1.23 bits per heavy atom. The van der Waals surface area contributed by atoms with Crippen molar-refractivity contribution in [2.75, 3.05) is 13.7 Å². The van der Waals surface area contributed by atoms with Crippen molar-refractivity contribution in [3.8, 4) is 17.1 Å². The third kappa shape index (κ3) is 3.77. The molecule has 0 aliphatic heterocycles. The number of hydrogen-bond donors (Lipinski definition) is 1. The molecule has 0 atom stereocenters. The first kappa shape index (κ1) is 20.4. The molecule has 30 heavy (non-hydrogen) atoms. The van der Waals surface area contributed by atoms with Crippen LogP contribution in [0.4, 0.5) is 0 Å². The van der Waals surface area contributed by atoms with Gasteiger partial charge in [0.2, 0.25) is 10.0 Å². The molecule has 2 heterocycles. The van der Waals surface area contributed by atoms with Crippen molar-refractivity contribution in [3.05, 3.63) is 46.2 Å². The number of sulfonamides is 1. The molecule has 2 aromatic heterocycles. The number of rotatable bonds is 8. The topological polar surface area (TPSA) is 121 Å². The maximum Gasteiger partial charge on any atom is 0.346 e. The van der Waals surface area contributed by atoms with Crippen molar-refractivity contribution >= 4 is 10.0 Å². The van der Waals surface area contributed by atoms with Crippen LogP contribution < -0.4 is 15.1 Å². The lowest BCUT2D eigenvalue weighted by Gasteiger charge is -2.05. The average molecular weight is 433 g/mol. The third-order valence-electron chi connectivity index (χ3n) is 4.98. The lowest BCUT2D eigenvalue weighted by Crippen LogP contribution is -2.32. The van der Waals surface area contributed by atoms with Gasteiger partial charge < -0.3 is 9.26 Å². The minimum Gasteiger partial charge on any atom is -0.497 e. The van der Waals surface area contributed by atoms with E-state index in [-0.39, 0.29) is 41.2 Å². The summed E-state index contributed by atoms with van der Waals surface area (Å²) in [6, 6.07) is 7.46. The first-order chi connectivity index (χ1) is 14.3. The zero-order valence-corrected chi connectivity index (χ0v) is 17.8. The van der Waals surface area contributed by atoms with Gasteiger partial charge in [0.05, 0.1) is 13.7 Å². The fraction of sp³-hybridized carbons (Fsp3) is 0.421. The van der Waals surface area contributed by atoms with Crippen LogP contribution in [0, 0.1) is 13.8 Å². The van der Waals surface area contributed by atoms with Crippen LogP contribution in [0.15, 0.2) is 38.5 Å². The summed E-state index contributed by atoms with van der Waals surface area (Å²) < 4.78 is 40.7. The second-order valence-electron chi connectivity index (χ2n) is 7.21. The van der Waals surface area contributed by atoms with Gasteiger partial charge in [0.1, 0.15) is 16.3 Å². The summed E-state index contributed by atoms with van der Waals surface area (Å²) in [4.78, 5) is 12.9. The normalized spacial score (nSPS) is 14.2. The van der Waals surface area contributed by atoms with Crippen molar-refractivity contribution in [2.45, 2.75) is 44.2 Å². The third-order valence-corrected chi connectivity index (χ3v) is 6.69. The number of aryl methyl sites for hydroxylation is 2. The molecule has 1 aliphatic carbocycles. The second-order valence-corrected chi connectivity index (χ2v) is 8.91. The van der Waals surface area contributed by atoms with Crippen LogP contribution in [-0.2, 0) is 16.6 Å². The zero-order chi connectivity index (χ0) is 21.5. The van der Waals surface area contributed by atoms with Gasteiger partial charge in [0, 0.05) is 18.2 Å². The summed E-state index contributed by atoms with van der Waals surface area (Å²) in [5, 5.41) is 8.15. The van der Waals surface area contributed by atoms with Crippen LogP contribution in [0.2, 0.25) is 0 Å². The minimum absolute atomic E-state index is 0.00995. The Labute approximate surface area is 173 Å². The number of hydrogen-bond acceptors (Lipinski definition) is 7. The van der Waals surface area contributed by atoms with E-state index in [0.717, 1.165) is 18.4 Å². The first-order valence-electron chi connectivity index (χ1n) is 9.58. The molecular weight excluding hydrogens is 410 g/mol. The minimum atomic E-state index is -3.80. The maximum absolute atomic E-state index is 12.9. The molecule has 3 aromatic rings. The van der Waals surface area contributed by atoms with Crippen LogP contribution in [0.1, 0.15) is 30.3 Å². The van der Waals surface area contributed by atoms with Gasteiger partial charge in [0.15, 0.2) is 11.6 Å². The van der Waals surface area contributed by atoms with Gasteiger partial charge in [-0.3, -0.25) is 4.57 Å². The van der Waals surface area contributed by atoms with Crippen molar-refractivity contribution in [2.24, 2.45) is 0 Å². The monoisotopic (exact) mass is 433 g/mol. The highest BCUT2D eigenvalue weighted by atomic mass is 32.2. The van der Waals surface area contributed by atoms with Crippen LogP contribution in [0.25, 0.3) is 11.4 Å². The summed E-state index contributed by atoms with van der Waals surface area (Å²) in [5.41, 5.74) is 0.840. The van der Waals surface area contributed by atoms with Crippen molar-refractivity contribution in [3.63, 3.8) is 0 Å². The molecule has 10 nitrogen and oxygen atoms in total. The number of methoxy groups -OCH3 is 1. The fourth-order valence-electron chi connectivity index (χ4n) is 3.38. The van der Waals surface area contributed by atoms with Gasteiger partial charge in [-0.25, -0.2) is 22.6 Å². The largest absolute Gasteiger partial charge is 0.497 e. The molecule has 1 N–H and O–H groups in total. The van der Waals surface area contributed by atoms with Gasteiger partial charge in [-0.2, -0.15) is 0 Å². The van der Waals surface area contributed by atoms with E-state index in [1.54, 1.807) is 18.6 Å². The van der Waals surface area contributed by atoms with E-state index in [2.05, 4.69) is 15.0 Å². The van der Waals surface area contributed by atoms with E-state index in [1.807, 2.05) is 24.3 Å². The van der Waals surface area contributed by atoms with E-state index in [0.29, 0.717) is 11.6 Å². The molecule has 1 fully saturated rings. The Kier molecular flexibility index (Phi) is 5.24. The number of aromatic nitrogens is 4. The quantitative estimate of drug-likeness (QED) is 0.573. The number of nitrogens with one attached hydrogen (secondary N) is 1. The molecule has 160 valence electrons. The molecule has 1 aromatic carbocycles. The number of benzene rings is 1. The standard InChI is InChI=1S/C19H23N5O5S/c1-12-17(13(2)29-22-12)30(26,27)20-10-11-23-19(25)24(15-6-7-15)18(21-23)14-4-8-16(28-3)9-5-14/h4-5,8-9,15,20H,6-7,10-11H2,1-3H3. The number of ether oxygens (including phenoxy) is 1. The lowest BCUT2D eigenvalue weighted by molar-refractivity contribution is 0.390. The van der Waals surface area contributed by atoms with Gasteiger partial charge in [-0.1, -0.05) is 5.16 Å².